The highest BCUT2D eigenvalue weighted by atomic mass is 16.6. The monoisotopic (exact) mass is 301 g/mol. The summed E-state index contributed by atoms with van der Waals surface area (Å²) < 4.78 is 10.8. The third-order valence-electron chi connectivity index (χ3n) is 3.31. The van der Waals surface area contributed by atoms with E-state index >= 15 is 0 Å². The Hall–Kier alpha value is -1.30. The van der Waals surface area contributed by atoms with Crippen LogP contribution in [0, 0.1) is 5.41 Å². The van der Waals surface area contributed by atoms with E-state index in [0.29, 0.717) is 13.0 Å². The van der Waals surface area contributed by atoms with Crippen molar-refractivity contribution in [2.75, 3.05) is 13.2 Å². The zero-order valence-electron chi connectivity index (χ0n) is 13.8. The van der Waals surface area contributed by atoms with Crippen molar-refractivity contribution in [3.63, 3.8) is 0 Å². The molecule has 0 bridgehead atoms. The van der Waals surface area contributed by atoms with Gasteiger partial charge in [0.2, 0.25) is 0 Å². The summed E-state index contributed by atoms with van der Waals surface area (Å²) in [5.74, 6) is -0.427. The number of hydrogen-bond acceptors (Lipinski definition) is 4. The summed E-state index contributed by atoms with van der Waals surface area (Å²) in [6, 6.07) is -0.266. The average Bonchev–Trinajstić information content (AvgIpc) is 2.67. The molecule has 1 heterocycles. The number of esters is 1. The smallest absolute Gasteiger partial charge is 0.407 e. The van der Waals surface area contributed by atoms with Crippen LogP contribution in [0.2, 0.25) is 0 Å². The molecule has 0 aromatic heterocycles. The number of rotatable bonds is 3. The molecule has 0 spiro atoms. The summed E-state index contributed by atoms with van der Waals surface area (Å²) in [6.45, 7) is 11.6. The van der Waals surface area contributed by atoms with Crippen molar-refractivity contribution in [1.82, 2.24) is 4.90 Å². The lowest BCUT2D eigenvalue weighted by molar-refractivity contribution is -0.163. The quantitative estimate of drug-likeness (QED) is 0.811. The van der Waals surface area contributed by atoms with Crippen LogP contribution in [0.5, 0.6) is 0 Å². The fourth-order valence-corrected chi connectivity index (χ4v) is 2.72. The predicted molar refractivity (Wildman–Crippen MR) is 78.2 cm³/mol. The van der Waals surface area contributed by atoms with Crippen LogP contribution in [0.3, 0.4) is 0 Å². The van der Waals surface area contributed by atoms with Gasteiger partial charge < -0.3 is 19.5 Å². The summed E-state index contributed by atoms with van der Waals surface area (Å²) in [6.07, 6.45) is -0.635. The molecule has 1 amide bonds. The van der Waals surface area contributed by atoms with Gasteiger partial charge in [0.25, 0.3) is 0 Å². The topological polar surface area (TPSA) is 76.1 Å². The Kier molecular flexibility index (Phi) is 5.25. The standard InChI is InChI=1S/C15H27NO5/c1-14(2,3)12-10(7-8-16(12)13(18)19)20-9-11(17)21-15(4,5)6/h10,12H,7-9H2,1-6H3,(H,18,19)/t10?,12-/m0/s1. The molecule has 0 aromatic rings. The predicted octanol–water partition coefficient (Wildman–Crippen LogP) is 2.51. The minimum Gasteiger partial charge on any atom is -0.465 e. The fraction of sp³-hybridized carbons (Fsp3) is 0.867. The molecule has 0 aromatic carbocycles. The molecule has 122 valence electrons. The molecular weight excluding hydrogens is 274 g/mol. The Balaban J connectivity index is 2.66. The molecule has 2 atom stereocenters. The molecule has 1 unspecified atom stereocenters. The lowest BCUT2D eigenvalue weighted by Gasteiger charge is -2.36. The van der Waals surface area contributed by atoms with E-state index in [1.807, 2.05) is 20.8 Å². The molecule has 1 rings (SSSR count). The summed E-state index contributed by atoms with van der Waals surface area (Å²) >= 11 is 0. The van der Waals surface area contributed by atoms with Gasteiger partial charge >= 0.3 is 12.1 Å². The van der Waals surface area contributed by atoms with Gasteiger partial charge in [-0.3, -0.25) is 0 Å². The Morgan fingerprint density at radius 1 is 1.19 bits per heavy atom. The number of ether oxygens (including phenoxy) is 2. The van der Waals surface area contributed by atoms with Crippen LogP contribution in [-0.2, 0) is 14.3 Å². The second-order valence-corrected chi connectivity index (χ2v) is 7.51. The molecule has 0 radical (unpaired) electrons. The van der Waals surface area contributed by atoms with Crippen LogP contribution < -0.4 is 0 Å². The minimum absolute atomic E-state index is 0.151. The Morgan fingerprint density at radius 2 is 1.76 bits per heavy atom. The lowest BCUT2D eigenvalue weighted by Crippen LogP contribution is -2.48. The average molecular weight is 301 g/mol. The molecule has 6 nitrogen and oxygen atoms in total. The van der Waals surface area contributed by atoms with E-state index in [1.165, 1.54) is 4.90 Å². The first-order chi connectivity index (χ1) is 9.42. The van der Waals surface area contributed by atoms with E-state index in [2.05, 4.69) is 0 Å². The van der Waals surface area contributed by atoms with E-state index in [1.54, 1.807) is 20.8 Å². The van der Waals surface area contributed by atoms with Crippen LogP contribution in [0.1, 0.15) is 48.0 Å². The molecule has 1 aliphatic heterocycles. The van der Waals surface area contributed by atoms with Gasteiger partial charge in [-0.15, -0.1) is 0 Å². The molecule has 0 saturated carbocycles. The number of likely N-dealkylation sites (tertiary alicyclic amines) is 1. The maximum absolute atomic E-state index is 11.7. The number of carboxylic acid groups (broad SMARTS) is 1. The minimum atomic E-state index is -0.946. The van der Waals surface area contributed by atoms with Crippen LogP contribution >= 0.6 is 0 Å². The van der Waals surface area contributed by atoms with Crippen LogP contribution in [-0.4, -0.2) is 53.0 Å². The largest absolute Gasteiger partial charge is 0.465 e. The number of carbonyl (C=O) groups is 2. The summed E-state index contributed by atoms with van der Waals surface area (Å²) in [5, 5.41) is 9.27. The van der Waals surface area contributed by atoms with Gasteiger partial charge in [-0.1, -0.05) is 20.8 Å². The second-order valence-electron chi connectivity index (χ2n) is 7.51. The molecule has 1 fully saturated rings. The van der Waals surface area contributed by atoms with Crippen LogP contribution in [0.4, 0.5) is 4.79 Å². The van der Waals surface area contributed by atoms with Gasteiger partial charge in [0, 0.05) is 6.54 Å². The van der Waals surface area contributed by atoms with Crippen molar-refractivity contribution in [3.8, 4) is 0 Å². The first kappa shape index (κ1) is 17.8. The third kappa shape index (κ3) is 5.19. The second kappa shape index (κ2) is 6.22. The summed E-state index contributed by atoms with van der Waals surface area (Å²) in [5.41, 5.74) is -0.805. The van der Waals surface area contributed by atoms with Gasteiger partial charge in [-0.2, -0.15) is 0 Å². The number of amides is 1. The van der Waals surface area contributed by atoms with Crippen molar-refractivity contribution < 1.29 is 24.2 Å². The Bertz CT molecular complexity index is 394. The highest BCUT2D eigenvalue weighted by molar-refractivity contribution is 5.71. The van der Waals surface area contributed by atoms with Gasteiger partial charge in [0.05, 0.1) is 12.1 Å². The normalized spacial score (nSPS) is 23.2. The lowest BCUT2D eigenvalue weighted by atomic mass is 9.84. The van der Waals surface area contributed by atoms with E-state index in [0.717, 1.165) is 0 Å². The van der Waals surface area contributed by atoms with E-state index in [4.69, 9.17) is 9.47 Å². The van der Waals surface area contributed by atoms with Crippen molar-refractivity contribution in [2.45, 2.75) is 65.7 Å². The van der Waals surface area contributed by atoms with Gasteiger partial charge in [-0.25, -0.2) is 9.59 Å². The number of hydrogen-bond donors (Lipinski definition) is 1. The zero-order chi connectivity index (χ0) is 16.4. The third-order valence-corrected chi connectivity index (χ3v) is 3.31. The highest BCUT2D eigenvalue weighted by Gasteiger charge is 2.44. The molecule has 0 aliphatic carbocycles. The van der Waals surface area contributed by atoms with Gasteiger partial charge in [0.15, 0.2) is 0 Å². The van der Waals surface area contributed by atoms with Gasteiger partial charge in [0.1, 0.15) is 12.2 Å². The van der Waals surface area contributed by atoms with Crippen LogP contribution in [0.15, 0.2) is 0 Å². The van der Waals surface area contributed by atoms with Crippen molar-refractivity contribution in [1.29, 1.82) is 0 Å². The van der Waals surface area contributed by atoms with Crippen molar-refractivity contribution in [3.05, 3.63) is 0 Å². The number of nitrogens with zero attached hydrogens (tertiary/aromatic N) is 1. The molecule has 21 heavy (non-hydrogen) atoms. The molecular formula is C15H27NO5. The first-order valence-corrected chi connectivity index (χ1v) is 7.25. The van der Waals surface area contributed by atoms with Crippen molar-refractivity contribution >= 4 is 12.1 Å². The van der Waals surface area contributed by atoms with E-state index in [-0.39, 0.29) is 24.2 Å². The van der Waals surface area contributed by atoms with Crippen molar-refractivity contribution in [2.24, 2.45) is 5.41 Å². The molecule has 1 aliphatic rings. The molecule has 6 heteroatoms. The first-order valence-electron chi connectivity index (χ1n) is 7.25. The van der Waals surface area contributed by atoms with E-state index < -0.39 is 17.7 Å². The maximum atomic E-state index is 11.7. The highest BCUT2D eigenvalue weighted by Crippen LogP contribution is 2.34. The SMILES string of the molecule is CC(C)(C)OC(=O)COC1CCN(C(=O)O)[C@@H]1C(C)(C)C. The summed E-state index contributed by atoms with van der Waals surface area (Å²) in [4.78, 5) is 24.4. The molecule has 1 N–H and O–H groups in total. The van der Waals surface area contributed by atoms with Crippen LogP contribution in [0.25, 0.3) is 0 Å². The zero-order valence-corrected chi connectivity index (χ0v) is 13.8. The maximum Gasteiger partial charge on any atom is 0.407 e. The molecule has 1 saturated heterocycles. The number of carbonyl (C=O) groups excluding carboxylic acids is 1. The Labute approximate surface area is 126 Å². The fourth-order valence-electron chi connectivity index (χ4n) is 2.72. The Morgan fingerprint density at radius 3 is 2.19 bits per heavy atom. The summed E-state index contributed by atoms with van der Waals surface area (Å²) in [7, 11) is 0. The van der Waals surface area contributed by atoms with Gasteiger partial charge in [-0.05, 0) is 32.6 Å². The van der Waals surface area contributed by atoms with E-state index in [9.17, 15) is 14.7 Å².